The number of aryl methyl sites for hydroxylation is 2. The van der Waals surface area contributed by atoms with Gasteiger partial charge in [-0.3, -0.25) is 19.7 Å². The first-order valence-corrected chi connectivity index (χ1v) is 10.5. The highest BCUT2D eigenvalue weighted by molar-refractivity contribution is 6.25. The number of carbonyl (C=O) groups is 3. The van der Waals surface area contributed by atoms with Crippen LogP contribution in [0.2, 0.25) is 0 Å². The predicted molar refractivity (Wildman–Crippen MR) is 124 cm³/mol. The summed E-state index contributed by atoms with van der Waals surface area (Å²) < 4.78 is 5.41. The highest BCUT2D eigenvalue weighted by Gasteiger charge is 2.54. The lowest BCUT2D eigenvalue weighted by Gasteiger charge is -2.43. The van der Waals surface area contributed by atoms with Crippen molar-refractivity contribution in [3.63, 3.8) is 0 Å². The van der Waals surface area contributed by atoms with Crippen LogP contribution < -0.4 is 10.6 Å². The summed E-state index contributed by atoms with van der Waals surface area (Å²) in [5, 5.41) is 11.7. The third kappa shape index (κ3) is 4.72. The monoisotopic (exact) mass is 455 g/mol. The molecule has 9 heteroatoms. The quantitative estimate of drug-likeness (QED) is 0.497. The van der Waals surface area contributed by atoms with E-state index < -0.39 is 39.5 Å². The van der Waals surface area contributed by atoms with Crippen molar-refractivity contribution in [2.45, 2.75) is 53.6 Å². The van der Waals surface area contributed by atoms with Crippen molar-refractivity contribution in [1.29, 1.82) is 0 Å². The summed E-state index contributed by atoms with van der Waals surface area (Å²) in [4.78, 5) is 51.8. The van der Waals surface area contributed by atoms with E-state index in [0.29, 0.717) is 11.1 Å². The predicted octanol–water partition coefficient (Wildman–Crippen LogP) is 4.68. The molecule has 0 saturated carbocycles. The number of benzene rings is 2. The SMILES string of the molecule is CC[C@@](OC(N)=O)(C(=O)N(C(=O)c1c(C)cccc1[N+](=O)[O-])c1ccccc1C)C(C)(C)C. The van der Waals surface area contributed by atoms with Gasteiger partial charge in [-0.2, -0.15) is 0 Å². The van der Waals surface area contributed by atoms with Gasteiger partial charge in [-0.25, -0.2) is 9.69 Å². The second-order valence-electron chi connectivity index (χ2n) is 8.81. The van der Waals surface area contributed by atoms with Gasteiger partial charge in [-0.05, 0) is 37.5 Å². The van der Waals surface area contributed by atoms with Gasteiger partial charge in [0.2, 0.25) is 0 Å². The molecule has 0 radical (unpaired) electrons. The van der Waals surface area contributed by atoms with Crippen molar-refractivity contribution in [2.75, 3.05) is 4.90 Å². The third-order valence-electron chi connectivity index (χ3n) is 5.75. The second-order valence-corrected chi connectivity index (χ2v) is 8.81. The molecule has 9 nitrogen and oxygen atoms in total. The van der Waals surface area contributed by atoms with Crippen LogP contribution in [0.25, 0.3) is 0 Å². The van der Waals surface area contributed by atoms with Crippen LogP contribution in [0, 0.1) is 29.4 Å². The molecule has 2 aromatic carbocycles. The molecule has 0 heterocycles. The smallest absolute Gasteiger partial charge is 0.405 e. The lowest BCUT2D eigenvalue weighted by atomic mass is 9.73. The molecule has 0 unspecified atom stereocenters. The van der Waals surface area contributed by atoms with Gasteiger partial charge in [0.1, 0.15) is 5.56 Å². The fraction of sp³-hybridized carbons (Fsp3) is 0.375. The molecular formula is C24H29N3O6. The Balaban J connectivity index is 2.88. The molecule has 3 amide bonds. The summed E-state index contributed by atoms with van der Waals surface area (Å²) in [6, 6.07) is 10.9. The van der Waals surface area contributed by atoms with E-state index in [4.69, 9.17) is 10.5 Å². The molecule has 0 aromatic heterocycles. The number of rotatable bonds is 6. The minimum absolute atomic E-state index is 0.0177. The number of nitro benzene ring substituents is 1. The van der Waals surface area contributed by atoms with E-state index in [1.165, 1.54) is 12.1 Å². The number of hydrogen-bond donors (Lipinski definition) is 1. The van der Waals surface area contributed by atoms with Crippen molar-refractivity contribution < 1.29 is 24.0 Å². The molecular weight excluding hydrogens is 426 g/mol. The Hall–Kier alpha value is -3.75. The summed E-state index contributed by atoms with van der Waals surface area (Å²) in [5.41, 5.74) is 3.02. The maximum Gasteiger partial charge on any atom is 0.405 e. The second kappa shape index (κ2) is 9.40. The lowest BCUT2D eigenvalue weighted by Crippen LogP contribution is -2.60. The van der Waals surface area contributed by atoms with Gasteiger partial charge in [0.05, 0.1) is 10.6 Å². The minimum atomic E-state index is -1.81. The number of amides is 3. The minimum Gasteiger partial charge on any atom is -0.432 e. The number of hydrogen-bond acceptors (Lipinski definition) is 6. The Morgan fingerprint density at radius 1 is 1.03 bits per heavy atom. The van der Waals surface area contributed by atoms with Gasteiger partial charge in [-0.15, -0.1) is 0 Å². The first kappa shape index (κ1) is 25.5. The molecule has 1 atom stereocenters. The van der Waals surface area contributed by atoms with Gasteiger partial charge < -0.3 is 10.5 Å². The average molecular weight is 456 g/mol. The Morgan fingerprint density at radius 2 is 1.61 bits per heavy atom. The van der Waals surface area contributed by atoms with Crippen LogP contribution in [0.5, 0.6) is 0 Å². The Bertz CT molecular complexity index is 1110. The standard InChI is InChI=1S/C24H29N3O6/c1-7-24(23(4,5)6,33-22(25)30)21(29)26(17-13-9-8-11-15(17)2)20(28)19-16(3)12-10-14-18(19)27(31)32/h8-14H,7H2,1-6H3,(H2,25,30)/t24-/m1/s1. The number of nitrogens with zero attached hydrogens (tertiary/aromatic N) is 2. The van der Waals surface area contributed by atoms with Crippen molar-refractivity contribution in [1.82, 2.24) is 0 Å². The van der Waals surface area contributed by atoms with Crippen molar-refractivity contribution in [3.05, 3.63) is 69.3 Å². The number of imide groups is 1. The van der Waals surface area contributed by atoms with E-state index in [0.717, 1.165) is 4.90 Å². The fourth-order valence-electron chi connectivity index (χ4n) is 3.94. The molecule has 2 aromatic rings. The van der Waals surface area contributed by atoms with Crippen LogP contribution in [-0.4, -0.2) is 28.4 Å². The highest BCUT2D eigenvalue weighted by Crippen LogP contribution is 2.41. The summed E-state index contributed by atoms with van der Waals surface area (Å²) in [7, 11) is 0. The molecule has 0 spiro atoms. The van der Waals surface area contributed by atoms with E-state index in [1.807, 2.05) is 0 Å². The molecule has 0 fully saturated rings. The van der Waals surface area contributed by atoms with Crippen LogP contribution >= 0.6 is 0 Å². The summed E-state index contributed by atoms with van der Waals surface area (Å²) in [6.45, 7) is 9.96. The van der Waals surface area contributed by atoms with E-state index >= 15 is 0 Å². The van der Waals surface area contributed by atoms with E-state index in [2.05, 4.69) is 0 Å². The number of ether oxygens (including phenoxy) is 1. The zero-order valence-electron chi connectivity index (χ0n) is 19.7. The molecule has 0 saturated heterocycles. The number of para-hydroxylation sites is 1. The largest absolute Gasteiger partial charge is 0.432 e. The molecule has 0 bridgehead atoms. The number of carbonyl (C=O) groups excluding carboxylic acids is 3. The van der Waals surface area contributed by atoms with Gasteiger partial charge >= 0.3 is 6.09 Å². The van der Waals surface area contributed by atoms with Crippen LogP contribution in [0.15, 0.2) is 42.5 Å². The zero-order valence-corrected chi connectivity index (χ0v) is 19.7. The Kier molecular flexibility index (Phi) is 7.26. The number of primary amides is 1. The molecule has 2 N–H and O–H groups in total. The van der Waals surface area contributed by atoms with Gasteiger partial charge in [0, 0.05) is 11.5 Å². The topological polar surface area (TPSA) is 133 Å². The lowest BCUT2D eigenvalue weighted by molar-refractivity contribution is -0.385. The van der Waals surface area contributed by atoms with Gasteiger partial charge in [0.25, 0.3) is 17.5 Å². The number of nitrogens with two attached hydrogens (primary N) is 1. The van der Waals surface area contributed by atoms with Crippen LogP contribution in [-0.2, 0) is 9.53 Å². The summed E-state index contributed by atoms with van der Waals surface area (Å²) in [6.07, 6.45) is -1.15. The van der Waals surface area contributed by atoms with Crippen LogP contribution in [0.1, 0.15) is 55.6 Å². The zero-order chi connectivity index (χ0) is 25.1. The van der Waals surface area contributed by atoms with Crippen molar-refractivity contribution in [3.8, 4) is 0 Å². The molecule has 2 rings (SSSR count). The fourth-order valence-corrected chi connectivity index (χ4v) is 3.94. The first-order chi connectivity index (χ1) is 15.3. The van der Waals surface area contributed by atoms with Crippen molar-refractivity contribution >= 4 is 29.3 Å². The maximum atomic E-state index is 14.1. The highest BCUT2D eigenvalue weighted by atomic mass is 16.6. The maximum absolute atomic E-state index is 14.1. The Morgan fingerprint density at radius 3 is 2.09 bits per heavy atom. The average Bonchev–Trinajstić information content (AvgIpc) is 2.71. The van der Waals surface area contributed by atoms with E-state index in [9.17, 15) is 24.5 Å². The van der Waals surface area contributed by atoms with Crippen LogP contribution in [0.4, 0.5) is 16.2 Å². The normalized spacial score (nSPS) is 13.0. The third-order valence-corrected chi connectivity index (χ3v) is 5.75. The molecule has 0 aliphatic carbocycles. The van der Waals surface area contributed by atoms with Crippen LogP contribution in [0.3, 0.4) is 0 Å². The molecule has 176 valence electrons. The number of anilines is 1. The summed E-state index contributed by atoms with van der Waals surface area (Å²) >= 11 is 0. The molecule has 0 aliphatic heterocycles. The van der Waals surface area contributed by atoms with Crippen molar-refractivity contribution in [2.24, 2.45) is 11.1 Å². The number of nitro groups is 1. The van der Waals surface area contributed by atoms with Gasteiger partial charge in [0.15, 0.2) is 5.60 Å². The molecule has 0 aliphatic rings. The van der Waals surface area contributed by atoms with E-state index in [-0.39, 0.29) is 17.7 Å². The Labute approximate surface area is 192 Å². The molecule has 33 heavy (non-hydrogen) atoms. The summed E-state index contributed by atoms with van der Waals surface area (Å²) in [5.74, 6) is -1.73. The van der Waals surface area contributed by atoms with E-state index in [1.54, 1.807) is 71.9 Å². The van der Waals surface area contributed by atoms with Gasteiger partial charge in [-0.1, -0.05) is 58.0 Å². The first-order valence-electron chi connectivity index (χ1n) is 10.5.